The molecule has 2 aromatic carbocycles. The molecule has 0 aromatic heterocycles. The highest BCUT2D eigenvalue weighted by Gasteiger charge is 2.01. The normalized spacial score (nSPS) is 10.2. The fraction of sp³-hybridized carbons (Fsp3) is 0. The summed E-state index contributed by atoms with van der Waals surface area (Å²) in [6, 6.07) is 10.9. The molecule has 0 heterocycles. The van der Waals surface area contributed by atoms with Gasteiger partial charge in [0.15, 0.2) is 0 Å². The van der Waals surface area contributed by atoms with Crippen LogP contribution in [-0.2, 0) is 0 Å². The van der Waals surface area contributed by atoms with Gasteiger partial charge >= 0.3 is 0 Å². The molecule has 0 aliphatic heterocycles. The minimum atomic E-state index is 0.265. The molecule has 0 unspecified atom stereocenters. The molecular weight excluding hydrogens is 162 g/mol. The van der Waals surface area contributed by atoms with E-state index < -0.39 is 0 Å². The molecule has 2 heteroatoms. The summed E-state index contributed by atoms with van der Waals surface area (Å²) in [6.07, 6.45) is 1.29. The van der Waals surface area contributed by atoms with E-state index in [1.54, 1.807) is 12.1 Å². The molecule has 13 heavy (non-hydrogen) atoms. The third kappa shape index (κ3) is 1.16. The molecule has 0 saturated heterocycles. The van der Waals surface area contributed by atoms with Crippen molar-refractivity contribution >= 4 is 17.0 Å². The Morgan fingerprint density at radius 1 is 1.00 bits per heavy atom. The van der Waals surface area contributed by atoms with E-state index in [9.17, 15) is 5.11 Å². The number of aromatic hydroxyl groups is 1. The van der Waals surface area contributed by atoms with E-state index in [0.29, 0.717) is 0 Å². The van der Waals surface area contributed by atoms with Crippen molar-refractivity contribution in [2.75, 3.05) is 0 Å². The van der Waals surface area contributed by atoms with Gasteiger partial charge in [-0.2, -0.15) is 0 Å². The zero-order valence-electron chi connectivity index (χ0n) is 6.99. The Balaban J connectivity index is 2.92. The lowest BCUT2D eigenvalue weighted by Crippen LogP contribution is -1.82. The highest BCUT2D eigenvalue weighted by molar-refractivity contribution is 6.01. The van der Waals surface area contributed by atoms with Gasteiger partial charge in [-0.25, -0.2) is 0 Å². The standard InChI is InChI=1S/C11H9NO/c12-7-8-5-6-11(13)10-4-2-1-3-9(8)10/h1-7,12-13H. The lowest BCUT2D eigenvalue weighted by Gasteiger charge is -2.02. The second kappa shape index (κ2) is 2.90. The summed E-state index contributed by atoms with van der Waals surface area (Å²) in [4.78, 5) is 0. The molecule has 0 aliphatic carbocycles. The first kappa shape index (κ1) is 7.80. The van der Waals surface area contributed by atoms with Gasteiger partial charge in [-0.1, -0.05) is 24.3 Å². The molecule has 0 saturated carbocycles. The Morgan fingerprint density at radius 3 is 2.38 bits per heavy atom. The van der Waals surface area contributed by atoms with Crippen LogP contribution in [0.1, 0.15) is 5.56 Å². The van der Waals surface area contributed by atoms with Crippen molar-refractivity contribution in [1.29, 1.82) is 5.41 Å². The molecule has 0 aliphatic rings. The Bertz CT molecular complexity index is 463. The van der Waals surface area contributed by atoms with Crippen LogP contribution in [0, 0.1) is 5.41 Å². The molecule has 0 spiro atoms. The zero-order valence-corrected chi connectivity index (χ0v) is 6.99. The van der Waals surface area contributed by atoms with Crippen molar-refractivity contribution < 1.29 is 5.11 Å². The van der Waals surface area contributed by atoms with Gasteiger partial charge in [-0.15, -0.1) is 0 Å². The van der Waals surface area contributed by atoms with Crippen molar-refractivity contribution in [3.8, 4) is 5.75 Å². The van der Waals surface area contributed by atoms with Crippen LogP contribution >= 0.6 is 0 Å². The quantitative estimate of drug-likeness (QED) is 0.636. The number of nitrogens with one attached hydrogen (secondary N) is 1. The SMILES string of the molecule is N=Cc1ccc(O)c2ccccc12. The monoisotopic (exact) mass is 171 g/mol. The molecule has 0 amide bonds. The molecule has 2 N–H and O–H groups in total. The van der Waals surface area contributed by atoms with Gasteiger partial charge in [0, 0.05) is 17.2 Å². The molecule has 0 fully saturated rings. The molecular formula is C11H9NO. The van der Waals surface area contributed by atoms with Gasteiger partial charge in [0.1, 0.15) is 5.75 Å². The molecule has 0 atom stereocenters. The van der Waals surface area contributed by atoms with Crippen molar-refractivity contribution in [3.05, 3.63) is 42.0 Å². The summed E-state index contributed by atoms with van der Waals surface area (Å²) in [5.74, 6) is 0.265. The first-order valence-corrected chi connectivity index (χ1v) is 4.04. The maximum atomic E-state index is 9.52. The van der Waals surface area contributed by atoms with Crippen molar-refractivity contribution in [2.45, 2.75) is 0 Å². The first-order chi connectivity index (χ1) is 6.33. The van der Waals surface area contributed by atoms with E-state index in [4.69, 9.17) is 5.41 Å². The summed E-state index contributed by atoms with van der Waals surface area (Å²) in [7, 11) is 0. The van der Waals surface area contributed by atoms with E-state index in [1.807, 2.05) is 24.3 Å². The van der Waals surface area contributed by atoms with Crippen LogP contribution in [0.2, 0.25) is 0 Å². The lowest BCUT2D eigenvalue weighted by atomic mass is 10.0. The predicted molar refractivity (Wildman–Crippen MR) is 53.5 cm³/mol. The van der Waals surface area contributed by atoms with E-state index >= 15 is 0 Å². The zero-order chi connectivity index (χ0) is 9.26. The topological polar surface area (TPSA) is 44.1 Å². The van der Waals surface area contributed by atoms with Crippen LogP contribution in [0.25, 0.3) is 10.8 Å². The van der Waals surface area contributed by atoms with Gasteiger partial charge in [0.2, 0.25) is 0 Å². The van der Waals surface area contributed by atoms with Gasteiger partial charge in [-0.3, -0.25) is 0 Å². The van der Waals surface area contributed by atoms with Gasteiger partial charge in [0.25, 0.3) is 0 Å². The first-order valence-electron chi connectivity index (χ1n) is 4.04. The second-order valence-corrected chi connectivity index (χ2v) is 2.86. The maximum Gasteiger partial charge on any atom is 0.123 e. The number of rotatable bonds is 1. The van der Waals surface area contributed by atoms with Crippen LogP contribution < -0.4 is 0 Å². The molecule has 2 nitrogen and oxygen atoms in total. The minimum absolute atomic E-state index is 0.265. The fourth-order valence-corrected chi connectivity index (χ4v) is 1.43. The number of hydrogen-bond donors (Lipinski definition) is 2. The van der Waals surface area contributed by atoms with Crippen LogP contribution in [0.3, 0.4) is 0 Å². The third-order valence-electron chi connectivity index (χ3n) is 2.09. The van der Waals surface area contributed by atoms with Gasteiger partial charge in [0.05, 0.1) is 0 Å². The van der Waals surface area contributed by atoms with Gasteiger partial charge in [-0.05, 0) is 17.5 Å². The molecule has 2 aromatic rings. The lowest BCUT2D eigenvalue weighted by molar-refractivity contribution is 0.481. The molecule has 64 valence electrons. The van der Waals surface area contributed by atoms with Crippen molar-refractivity contribution in [3.63, 3.8) is 0 Å². The molecule has 0 bridgehead atoms. The van der Waals surface area contributed by atoms with Crippen LogP contribution in [0.5, 0.6) is 5.75 Å². The Labute approximate surface area is 76.0 Å². The van der Waals surface area contributed by atoms with Crippen LogP contribution in [-0.4, -0.2) is 11.3 Å². The van der Waals surface area contributed by atoms with E-state index in [0.717, 1.165) is 16.3 Å². The van der Waals surface area contributed by atoms with E-state index in [-0.39, 0.29) is 5.75 Å². The number of phenols is 1. The smallest absolute Gasteiger partial charge is 0.123 e. The minimum Gasteiger partial charge on any atom is -0.507 e. The fourth-order valence-electron chi connectivity index (χ4n) is 1.43. The average molecular weight is 171 g/mol. The number of benzene rings is 2. The van der Waals surface area contributed by atoms with Gasteiger partial charge < -0.3 is 10.5 Å². The largest absolute Gasteiger partial charge is 0.507 e. The molecule has 2 rings (SSSR count). The summed E-state index contributed by atoms with van der Waals surface area (Å²) in [5, 5.41) is 18.4. The maximum absolute atomic E-state index is 9.52. The van der Waals surface area contributed by atoms with Crippen molar-refractivity contribution in [2.24, 2.45) is 0 Å². The summed E-state index contributed by atoms with van der Waals surface area (Å²) in [5.41, 5.74) is 0.827. The van der Waals surface area contributed by atoms with E-state index in [2.05, 4.69) is 0 Å². The number of fused-ring (bicyclic) bond motifs is 1. The van der Waals surface area contributed by atoms with Crippen LogP contribution in [0.4, 0.5) is 0 Å². The Hall–Kier alpha value is -1.83. The predicted octanol–water partition coefficient (Wildman–Crippen LogP) is 2.54. The number of hydrogen-bond acceptors (Lipinski definition) is 2. The number of phenolic OH excluding ortho intramolecular Hbond substituents is 1. The Kier molecular flexibility index (Phi) is 1.74. The summed E-state index contributed by atoms with van der Waals surface area (Å²) >= 11 is 0. The van der Waals surface area contributed by atoms with Crippen LogP contribution in [0.15, 0.2) is 36.4 Å². The summed E-state index contributed by atoms with van der Waals surface area (Å²) in [6.45, 7) is 0. The van der Waals surface area contributed by atoms with E-state index in [1.165, 1.54) is 6.21 Å². The summed E-state index contributed by atoms with van der Waals surface area (Å²) < 4.78 is 0. The highest BCUT2D eigenvalue weighted by atomic mass is 16.3. The second-order valence-electron chi connectivity index (χ2n) is 2.86. The average Bonchev–Trinajstić information content (AvgIpc) is 2.19. The van der Waals surface area contributed by atoms with Crippen molar-refractivity contribution in [1.82, 2.24) is 0 Å². The highest BCUT2D eigenvalue weighted by Crippen LogP contribution is 2.26. The molecule has 0 radical (unpaired) electrons. The Morgan fingerprint density at radius 2 is 1.69 bits per heavy atom. The third-order valence-corrected chi connectivity index (χ3v) is 2.09.